The highest BCUT2D eigenvalue weighted by atomic mass is 16.5. The number of fused-ring (bicyclic) bond motifs is 1. The van der Waals surface area contributed by atoms with Gasteiger partial charge in [0.15, 0.2) is 12.2 Å². The molecule has 2 atom stereocenters. The van der Waals surface area contributed by atoms with Gasteiger partial charge >= 0.3 is 6.03 Å². The number of benzene rings is 2. The first kappa shape index (κ1) is 22.9. The van der Waals surface area contributed by atoms with Gasteiger partial charge in [0.05, 0.1) is 13.2 Å². The number of likely N-dealkylation sites (N-methyl/N-ethyl adjacent to an activating group) is 1. The minimum Gasteiger partial charge on any atom is -0.380 e. The fraction of sp³-hybridized carbons (Fsp3) is 0.400. The summed E-state index contributed by atoms with van der Waals surface area (Å²) < 4.78 is 5.58. The zero-order valence-corrected chi connectivity index (χ0v) is 19.2. The molecule has 0 saturated carbocycles. The van der Waals surface area contributed by atoms with Crippen molar-refractivity contribution in [3.05, 3.63) is 71.8 Å². The lowest BCUT2D eigenvalue weighted by molar-refractivity contribution is -0.127. The lowest BCUT2D eigenvalue weighted by atomic mass is 10.1. The Bertz CT molecular complexity index is 941. The lowest BCUT2D eigenvalue weighted by Crippen LogP contribution is -2.64. The van der Waals surface area contributed by atoms with E-state index >= 15 is 0 Å². The molecule has 2 aromatic rings. The zero-order chi connectivity index (χ0) is 23.2. The number of ether oxygens (including phenoxy) is 1. The third-order valence-corrected chi connectivity index (χ3v) is 5.99. The molecular formula is C25H31N5O3. The molecule has 33 heavy (non-hydrogen) atoms. The number of hydrogen-bond acceptors (Lipinski definition) is 6. The number of aliphatic imine (C=N–C) groups is 1. The molecule has 0 aliphatic carbocycles. The second-order valence-electron chi connectivity index (χ2n) is 8.32. The molecule has 1 N–H and O–H groups in total. The first-order chi connectivity index (χ1) is 16.1. The Labute approximate surface area is 194 Å². The van der Waals surface area contributed by atoms with Crippen molar-refractivity contribution in [2.24, 2.45) is 4.99 Å². The molecule has 0 radical (unpaired) electrons. The number of imide groups is 1. The van der Waals surface area contributed by atoms with Gasteiger partial charge in [-0.15, -0.1) is 0 Å². The van der Waals surface area contributed by atoms with Crippen LogP contribution in [0.15, 0.2) is 65.7 Å². The van der Waals surface area contributed by atoms with Gasteiger partial charge in [-0.25, -0.2) is 9.79 Å². The summed E-state index contributed by atoms with van der Waals surface area (Å²) in [6, 6.07) is 19.7. The van der Waals surface area contributed by atoms with Crippen molar-refractivity contribution >= 4 is 17.8 Å². The average Bonchev–Trinajstić information content (AvgIpc) is 3.18. The summed E-state index contributed by atoms with van der Waals surface area (Å²) in [5.74, 6) is 0.490. The molecule has 2 aromatic carbocycles. The van der Waals surface area contributed by atoms with Gasteiger partial charge < -0.3 is 14.5 Å². The van der Waals surface area contributed by atoms with Gasteiger partial charge in [-0.1, -0.05) is 60.7 Å². The van der Waals surface area contributed by atoms with Crippen LogP contribution in [0.25, 0.3) is 0 Å². The Morgan fingerprint density at radius 1 is 0.970 bits per heavy atom. The minimum absolute atomic E-state index is 0.309. The van der Waals surface area contributed by atoms with Gasteiger partial charge in [-0.3, -0.25) is 15.0 Å². The average molecular weight is 450 g/mol. The summed E-state index contributed by atoms with van der Waals surface area (Å²) >= 11 is 0. The Morgan fingerprint density at radius 2 is 1.58 bits per heavy atom. The van der Waals surface area contributed by atoms with E-state index in [-0.39, 0.29) is 5.91 Å². The molecule has 2 aliphatic rings. The summed E-state index contributed by atoms with van der Waals surface area (Å²) in [5, 5.41) is 2.45. The number of carbonyl (C=O) groups excluding carboxylic acids is 2. The fourth-order valence-electron chi connectivity index (χ4n) is 4.34. The maximum absolute atomic E-state index is 12.8. The topological polar surface area (TPSA) is 77.5 Å². The van der Waals surface area contributed by atoms with E-state index in [4.69, 9.17) is 9.73 Å². The molecule has 0 bridgehead atoms. The SMILES string of the molecule is CCOCCN1C(CN(Cc2ccccc2)Cc2ccccc2)=NC2C1C(=O)NC(=O)N2C. The molecular weight excluding hydrogens is 418 g/mol. The number of amidine groups is 1. The van der Waals surface area contributed by atoms with E-state index in [0.29, 0.717) is 26.3 Å². The highest BCUT2D eigenvalue weighted by Crippen LogP contribution is 2.25. The molecule has 1 fully saturated rings. The number of amides is 3. The molecule has 2 aliphatic heterocycles. The molecule has 8 nitrogen and oxygen atoms in total. The van der Waals surface area contributed by atoms with Crippen LogP contribution in [0, 0.1) is 0 Å². The van der Waals surface area contributed by atoms with Crippen molar-refractivity contribution in [3.8, 4) is 0 Å². The van der Waals surface area contributed by atoms with Gasteiger partial charge in [-0.2, -0.15) is 0 Å². The van der Waals surface area contributed by atoms with E-state index in [1.54, 1.807) is 7.05 Å². The van der Waals surface area contributed by atoms with E-state index in [1.165, 1.54) is 16.0 Å². The highest BCUT2D eigenvalue weighted by molar-refractivity contribution is 6.04. The smallest absolute Gasteiger partial charge is 0.325 e. The van der Waals surface area contributed by atoms with Gasteiger partial charge in [0.1, 0.15) is 5.84 Å². The van der Waals surface area contributed by atoms with E-state index in [9.17, 15) is 9.59 Å². The van der Waals surface area contributed by atoms with Crippen LogP contribution in [-0.4, -0.2) is 78.0 Å². The molecule has 1 saturated heterocycles. The summed E-state index contributed by atoms with van der Waals surface area (Å²) in [5.41, 5.74) is 2.41. The first-order valence-corrected chi connectivity index (χ1v) is 11.4. The van der Waals surface area contributed by atoms with Gasteiger partial charge in [0, 0.05) is 33.3 Å². The zero-order valence-electron chi connectivity index (χ0n) is 19.2. The third-order valence-electron chi connectivity index (χ3n) is 5.99. The molecule has 2 unspecified atom stereocenters. The highest BCUT2D eigenvalue weighted by Gasteiger charge is 2.48. The molecule has 3 amide bonds. The van der Waals surface area contributed by atoms with Crippen LogP contribution in [0.2, 0.25) is 0 Å². The maximum atomic E-state index is 12.8. The summed E-state index contributed by atoms with van der Waals surface area (Å²) in [4.78, 5) is 35.6. The van der Waals surface area contributed by atoms with Gasteiger partial charge in [0.25, 0.3) is 5.91 Å². The Hall–Kier alpha value is -3.23. The molecule has 8 heteroatoms. The second-order valence-corrected chi connectivity index (χ2v) is 8.32. The predicted octanol–water partition coefficient (Wildman–Crippen LogP) is 2.32. The number of nitrogens with zero attached hydrogens (tertiary/aromatic N) is 4. The Kier molecular flexibility index (Phi) is 7.36. The number of nitrogens with one attached hydrogen (secondary N) is 1. The monoisotopic (exact) mass is 449 g/mol. The van der Waals surface area contributed by atoms with Gasteiger partial charge in [0.2, 0.25) is 0 Å². The first-order valence-electron chi connectivity index (χ1n) is 11.4. The van der Waals surface area contributed by atoms with Crippen molar-refractivity contribution in [1.29, 1.82) is 0 Å². The Morgan fingerprint density at radius 3 is 2.15 bits per heavy atom. The normalized spacial score (nSPS) is 20.2. The summed E-state index contributed by atoms with van der Waals surface area (Å²) in [6.07, 6.45) is -0.529. The number of urea groups is 1. The standard InChI is InChI=1S/C25H31N5O3/c1-3-33-15-14-30-21(26-23-22(30)24(31)27-25(32)28(23)2)18-29(16-19-10-6-4-7-11-19)17-20-12-8-5-9-13-20/h4-13,22-23H,3,14-18H2,1-2H3,(H,27,31,32). The second kappa shape index (κ2) is 10.6. The maximum Gasteiger partial charge on any atom is 0.325 e. The van der Waals surface area contributed by atoms with Crippen LogP contribution in [0.4, 0.5) is 4.79 Å². The van der Waals surface area contributed by atoms with E-state index in [2.05, 4.69) is 34.5 Å². The molecule has 0 spiro atoms. The van der Waals surface area contributed by atoms with Crippen LogP contribution in [0.3, 0.4) is 0 Å². The number of hydrogen-bond donors (Lipinski definition) is 1. The summed E-state index contributed by atoms with van der Waals surface area (Å²) in [6.45, 7) is 5.61. The minimum atomic E-state index is -0.543. The lowest BCUT2D eigenvalue weighted by Gasteiger charge is -2.36. The van der Waals surface area contributed by atoms with Crippen molar-refractivity contribution in [2.45, 2.75) is 32.2 Å². The van der Waals surface area contributed by atoms with Crippen molar-refractivity contribution in [1.82, 2.24) is 20.0 Å². The molecule has 174 valence electrons. The van der Waals surface area contributed by atoms with Crippen LogP contribution in [-0.2, 0) is 22.6 Å². The van der Waals surface area contributed by atoms with E-state index in [0.717, 1.165) is 18.9 Å². The fourth-order valence-corrected chi connectivity index (χ4v) is 4.34. The van der Waals surface area contributed by atoms with Crippen molar-refractivity contribution in [3.63, 3.8) is 0 Å². The predicted molar refractivity (Wildman–Crippen MR) is 127 cm³/mol. The van der Waals surface area contributed by atoms with E-state index < -0.39 is 18.2 Å². The number of rotatable bonds is 10. The molecule has 4 rings (SSSR count). The van der Waals surface area contributed by atoms with Crippen LogP contribution < -0.4 is 5.32 Å². The third kappa shape index (κ3) is 5.40. The number of carbonyl (C=O) groups is 2. The molecule has 0 aromatic heterocycles. The van der Waals surface area contributed by atoms with Crippen LogP contribution >= 0.6 is 0 Å². The van der Waals surface area contributed by atoms with Crippen molar-refractivity contribution < 1.29 is 14.3 Å². The van der Waals surface area contributed by atoms with Crippen molar-refractivity contribution in [2.75, 3.05) is 33.4 Å². The van der Waals surface area contributed by atoms with Crippen LogP contribution in [0.5, 0.6) is 0 Å². The summed E-state index contributed by atoms with van der Waals surface area (Å²) in [7, 11) is 1.68. The largest absolute Gasteiger partial charge is 0.380 e. The van der Waals surface area contributed by atoms with Crippen LogP contribution in [0.1, 0.15) is 18.1 Å². The Balaban J connectivity index is 1.59. The van der Waals surface area contributed by atoms with Gasteiger partial charge in [-0.05, 0) is 18.1 Å². The van der Waals surface area contributed by atoms with E-state index in [1.807, 2.05) is 48.2 Å². The molecule has 2 heterocycles. The quantitative estimate of drug-likeness (QED) is 0.564.